The van der Waals surface area contributed by atoms with Gasteiger partial charge in [-0.25, -0.2) is 5.01 Å². The van der Waals surface area contributed by atoms with Gasteiger partial charge in [0.2, 0.25) is 5.91 Å². The molecule has 2 unspecified atom stereocenters. The second-order valence-corrected chi connectivity index (χ2v) is 4.97. The van der Waals surface area contributed by atoms with Gasteiger partial charge in [-0.05, 0) is 18.9 Å². The molecule has 15 heavy (non-hydrogen) atoms. The van der Waals surface area contributed by atoms with Crippen LogP contribution in [-0.4, -0.2) is 48.1 Å². The van der Waals surface area contributed by atoms with E-state index in [1.165, 1.54) is 0 Å². The molecule has 4 heteroatoms. The van der Waals surface area contributed by atoms with Gasteiger partial charge in [-0.2, -0.15) is 0 Å². The molecule has 2 aliphatic heterocycles. The predicted molar refractivity (Wildman–Crippen MR) is 59.1 cm³/mol. The molecular formula is C11H21N3O. The molecule has 1 amide bonds. The van der Waals surface area contributed by atoms with Crippen LogP contribution in [-0.2, 0) is 4.79 Å². The molecule has 86 valence electrons. The zero-order chi connectivity index (χ0) is 11.0. The highest BCUT2D eigenvalue weighted by Gasteiger charge is 2.40. The Morgan fingerprint density at radius 1 is 1.47 bits per heavy atom. The van der Waals surface area contributed by atoms with E-state index in [0.29, 0.717) is 30.3 Å². The fourth-order valence-corrected chi connectivity index (χ4v) is 2.72. The first-order chi connectivity index (χ1) is 7.11. The second kappa shape index (κ2) is 4.10. The van der Waals surface area contributed by atoms with Crippen molar-refractivity contribution in [1.29, 1.82) is 0 Å². The lowest BCUT2D eigenvalue weighted by molar-refractivity contribution is -0.141. The number of carbonyl (C=O) groups is 1. The van der Waals surface area contributed by atoms with E-state index in [-0.39, 0.29) is 0 Å². The van der Waals surface area contributed by atoms with Gasteiger partial charge in [-0.15, -0.1) is 0 Å². The number of hydrogen-bond acceptors (Lipinski definition) is 3. The van der Waals surface area contributed by atoms with Crippen molar-refractivity contribution in [2.24, 2.45) is 5.92 Å². The predicted octanol–water partition coefficient (Wildman–Crippen LogP) is 0.452. The molecule has 2 aliphatic rings. The number of hydrazine groups is 1. The first-order valence-corrected chi connectivity index (χ1v) is 5.86. The zero-order valence-corrected chi connectivity index (χ0v) is 9.86. The third kappa shape index (κ3) is 1.88. The van der Waals surface area contributed by atoms with Gasteiger partial charge < -0.3 is 5.32 Å². The minimum absolute atomic E-state index is 0.296. The van der Waals surface area contributed by atoms with Crippen LogP contribution >= 0.6 is 0 Å². The van der Waals surface area contributed by atoms with Crippen molar-refractivity contribution in [1.82, 2.24) is 15.3 Å². The quantitative estimate of drug-likeness (QED) is 0.720. The molecule has 2 saturated heterocycles. The van der Waals surface area contributed by atoms with Gasteiger partial charge in [-0.1, -0.05) is 13.8 Å². The molecule has 0 aliphatic carbocycles. The van der Waals surface area contributed by atoms with Crippen LogP contribution in [0.2, 0.25) is 0 Å². The average molecular weight is 211 g/mol. The van der Waals surface area contributed by atoms with Crippen LogP contribution in [0.4, 0.5) is 0 Å². The Morgan fingerprint density at radius 2 is 2.20 bits per heavy atom. The summed E-state index contributed by atoms with van der Waals surface area (Å²) in [5.41, 5.74) is 0. The fraction of sp³-hybridized carbons (Fsp3) is 0.909. The number of nitrogens with one attached hydrogen (secondary N) is 1. The zero-order valence-electron chi connectivity index (χ0n) is 9.86. The molecule has 2 fully saturated rings. The lowest BCUT2D eigenvalue weighted by Gasteiger charge is -2.33. The molecule has 2 rings (SSSR count). The van der Waals surface area contributed by atoms with Gasteiger partial charge in [0.05, 0.1) is 6.04 Å². The van der Waals surface area contributed by atoms with Crippen molar-refractivity contribution >= 4 is 5.91 Å². The summed E-state index contributed by atoms with van der Waals surface area (Å²) < 4.78 is 0. The van der Waals surface area contributed by atoms with E-state index in [9.17, 15) is 4.79 Å². The summed E-state index contributed by atoms with van der Waals surface area (Å²) in [4.78, 5) is 11.9. The minimum Gasteiger partial charge on any atom is -0.315 e. The molecule has 0 aromatic carbocycles. The van der Waals surface area contributed by atoms with Crippen LogP contribution in [0.15, 0.2) is 0 Å². The molecule has 0 bridgehead atoms. The number of nitrogens with zero attached hydrogens (tertiary/aromatic N) is 2. The Balaban J connectivity index is 2.08. The Bertz CT molecular complexity index is 248. The first-order valence-electron chi connectivity index (χ1n) is 5.86. The maximum absolute atomic E-state index is 11.9. The molecule has 1 N–H and O–H groups in total. The highest BCUT2D eigenvalue weighted by atomic mass is 16.2. The monoisotopic (exact) mass is 211 g/mol. The summed E-state index contributed by atoms with van der Waals surface area (Å²) in [6.45, 7) is 6.35. The highest BCUT2D eigenvalue weighted by molar-refractivity contribution is 5.78. The van der Waals surface area contributed by atoms with Crippen LogP contribution in [0, 0.1) is 5.92 Å². The maximum Gasteiger partial charge on any atom is 0.238 e. The summed E-state index contributed by atoms with van der Waals surface area (Å²) in [7, 11) is 2.05. The van der Waals surface area contributed by atoms with Crippen molar-refractivity contribution in [3.05, 3.63) is 0 Å². The number of carbonyl (C=O) groups excluding carboxylic acids is 1. The summed E-state index contributed by atoms with van der Waals surface area (Å²) in [6.07, 6.45) is 1.77. The normalized spacial score (nSPS) is 33.3. The molecule has 0 aromatic heterocycles. The van der Waals surface area contributed by atoms with Gasteiger partial charge >= 0.3 is 0 Å². The molecule has 2 heterocycles. The molecule has 0 saturated carbocycles. The van der Waals surface area contributed by atoms with Crippen LogP contribution in [0.3, 0.4) is 0 Å². The molecule has 0 aromatic rings. The van der Waals surface area contributed by atoms with Crippen LogP contribution < -0.4 is 5.32 Å². The smallest absolute Gasteiger partial charge is 0.238 e. The third-order valence-corrected chi connectivity index (χ3v) is 3.61. The lowest BCUT2D eigenvalue weighted by Crippen LogP contribution is -2.48. The van der Waals surface area contributed by atoms with E-state index in [0.717, 1.165) is 19.5 Å². The number of amides is 1. The number of hydrogen-bond donors (Lipinski definition) is 1. The van der Waals surface area contributed by atoms with Crippen LogP contribution in [0.1, 0.15) is 26.7 Å². The minimum atomic E-state index is 0.296. The molecular weight excluding hydrogens is 190 g/mol. The Hall–Kier alpha value is -0.610. The Labute approximate surface area is 91.6 Å². The third-order valence-electron chi connectivity index (χ3n) is 3.61. The van der Waals surface area contributed by atoms with Crippen molar-refractivity contribution in [2.75, 3.05) is 20.1 Å². The van der Waals surface area contributed by atoms with Crippen LogP contribution in [0.25, 0.3) is 0 Å². The standard InChI is InChI=1S/C11H21N3O/c1-8(2)10-6-11(15)14(13(10)3)9-4-5-12-7-9/h8-10,12H,4-7H2,1-3H3. The van der Waals surface area contributed by atoms with Crippen LogP contribution in [0.5, 0.6) is 0 Å². The van der Waals surface area contributed by atoms with Crippen molar-refractivity contribution in [3.63, 3.8) is 0 Å². The summed E-state index contributed by atoms with van der Waals surface area (Å²) in [6, 6.07) is 0.768. The maximum atomic E-state index is 11.9. The van der Waals surface area contributed by atoms with E-state index < -0.39 is 0 Å². The first kappa shape index (κ1) is 10.9. The van der Waals surface area contributed by atoms with E-state index in [4.69, 9.17) is 0 Å². The number of rotatable bonds is 2. The van der Waals surface area contributed by atoms with Gasteiger partial charge in [0.25, 0.3) is 0 Å². The molecule has 4 nitrogen and oxygen atoms in total. The Kier molecular flexibility index (Phi) is 2.98. The van der Waals surface area contributed by atoms with E-state index in [1.54, 1.807) is 0 Å². The molecule has 0 radical (unpaired) electrons. The largest absolute Gasteiger partial charge is 0.315 e. The second-order valence-electron chi connectivity index (χ2n) is 4.97. The van der Waals surface area contributed by atoms with Crippen molar-refractivity contribution in [2.45, 2.75) is 38.8 Å². The van der Waals surface area contributed by atoms with Crippen molar-refractivity contribution in [3.8, 4) is 0 Å². The van der Waals surface area contributed by atoms with Gasteiger partial charge in [-0.3, -0.25) is 9.80 Å². The molecule has 0 spiro atoms. The Morgan fingerprint density at radius 3 is 2.67 bits per heavy atom. The average Bonchev–Trinajstić information content (AvgIpc) is 2.73. The van der Waals surface area contributed by atoms with Gasteiger partial charge in [0, 0.05) is 26.1 Å². The SMILES string of the molecule is CC(C)C1CC(=O)N(C2CCNC2)N1C. The van der Waals surface area contributed by atoms with E-state index in [2.05, 4.69) is 24.2 Å². The molecule has 2 atom stereocenters. The summed E-state index contributed by atoms with van der Waals surface area (Å²) in [5.74, 6) is 0.836. The lowest BCUT2D eigenvalue weighted by atomic mass is 10.0. The fourth-order valence-electron chi connectivity index (χ4n) is 2.72. The summed E-state index contributed by atoms with van der Waals surface area (Å²) >= 11 is 0. The highest BCUT2D eigenvalue weighted by Crippen LogP contribution is 2.27. The van der Waals surface area contributed by atoms with Gasteiger partial charge in [0.15, 0.2) is 0 Å². The van der Waals surface area contributed by atoms with E-state index in [1.807, 2.05) is 12.1 Å². The topological polar surface area (TPSA) is 35.6 Å². The van der Waals surface area contributed by atoms with Gasteiger partial charge in [0.1, 0.15) is 0 Å². The van der Waals surface area contributed by atoms with E-state index >= 15 is 0 Å². The summed E-state index contributed by atoms with van der Waals surface area (Å²) in [5, 5.41) is 7.45. The van der Waals surface area contributed by atoms with Crippen molar-refractivity contribution < 1.29 is 4.79 Å².